The summed E-state index contributed by atoms with van der Waals surface area (Å²) in [6, 6.07) is 19.4. The molecule has 0 aromatic heterocycles. The Kier molecular flexibility index (Phi) is 5.52. The maximum absolute atomic E-state index is 11.7. The van der Waals surface area contributed by atoms with E-state index in [1.165, 1.54) is 0 Å². The fourth-order valence-electron chi connectivity index (χ4n) is 2.27. The third-order valence-corrected chi connectivity index (χ3v) is 3.52. The van der Waals surface area contributed by atoms with Crippen LogP contribution in [0.4, 0.5) is 0 Å². The summed E-state index contributed by atoms with van der Waals surface area (Å²) >= 11 is 0. The molecule has 0 saturated heterocycles. The molecule has 0 aliphatic heterocycles. The summed E-state index contributed by atoms with van der Waals surface area (Å²) in [7, 11) is 0. The van der Waals surface area contributed by atoms with Gasteiger partial charge in [0.05, 0.1) is 6.10 Å². The predicted molar refractivity (Wildman–Crippen MR) is 83.6 cm³/mol. The molecule has 1 amide bonds. The Morgan fingerprint density at radius 3 is 2.19 bits per heavy atom. The topological polar surface area (TPSA) is 40.5 Å². The van der Waals surface area contributed by atoms with Gasteiger partial charge < -0.3 is 10.0 Å². The average Bonchev–Trinajstić information content (AvgIpc) is 2.52. The van der Waals surface area contributed by atoms with E-state index in [9.17, 15) is 9.90 Å². The summed E-state index contributed by atoms with van der Waals surface area (Å²) in [5.74, 6) is 0.0270. The quantitative estimate of drug-likeness (QED) is 0.884. The lowest BCUT2D eigenvalue weighted by Crippen LogP contribution is -2.30. The first-order valence-electron chi connectivity index (χ1n) is 7.19. The number of rotatable bonds is 6. The lowest BCUT2D eigenvalue weighted by Gasteiger charge is -2.23. The maximum atomic E-state index is 11.7. The van der Waals surface area contributed by atoms with Gasteiger partial charge in [0, 0.05) is 20.0 Å². The minimum Gasteiger partial charge on any atom is -0.388 e. The van der Waals surface area contributed by atoms with Crippen LogP contribution in [0.25, 0.3) is 0 Å². The van der Waals surface area contributed by atoms with Gasteiger partial charge in [0.1, 0.15) is 0 Å². The van der Waals surface area contributed by atoms with Crippen molar-refractivity contribution >= 4 is 5.91 Å². The lowest BCUT2D eigenvalue weighted by molar-refractivity contribution is -0.129. The van der Waals surface area contributed by atoms with Crippen molar-refractivity contribution in [3.8, 4) is 0 Å². The summed E-state index contributed by atoms with van der Waals surface area (Å²) in [4.78, 5) is 13.5. The highest BCUT2D eigenvalue weighted by atomic mass is 16.3. The molecule has 1 atom stereocenters. The number of benzene rings is 2. The Labute approximate surface area is 125 Å². The van der Waals surface area contributed by atoms with Crippen LogP contribution in [0.1, 0.15) is 30.6 Å². The highest BCUT2D eigenvalue weighted by Gasteiger charge is 2.13. The van der Waals surface area contributed by atoms with Crippen LogP contribution in [-0.4, -0.2) is 22.5 Å². The Balaban J connectivity index is 1.93. The van der Waals surface area contributed by atoms with Crippen LogP contribution in [0, 0.1) is 0 Å². The van der Waals surface area contributed by atoms with Crippen molar-refractivity contribution < 1.29 is 9.90 Å². The molecule has 2 aromatic rings. The molecule has 110 valence electrons. The second kappa shape index (κ2) is 7.60. The second-order valence-corrected chi connectivity index (χ2v) is 5.14. The predicted octanol–water partition coefficient (Wildman–Crippen LogP) is 3.16. The molecular formula is C18H21NO2. The SMILES string of the molecule is CC(=O)N(CCC(O)c1ccccc1)Cc1ccccc1. The Morgan fingerprint density at radius 2 is 1.62 bits per heavy atom. The number of carbonyl (C=O) groups is 1. The fraction of sp³-hybridized carbons (Fsp3) is 0.278. The highest BCUT2D eigenvalue weighted by molar-refractivity contribution is 5.73. The van der Waals surface area contributed by atoms with E-state index in [4.69, 9.17) is 0 Å². The molecule has 3 nitrogen and oxygen atoms in total. The van der Waals surface area contributed by atoms with Gasteiger partial charge in [0.25, 0.3) is 0 Å². The van der Waals surface area contributed by atoms with Gasteiger partial charge in [-0.25, -0.2) is 0 Å². The molecule has 0 fully saturated rings. The van der Waals surface area contributed by atoms with Crippen molar-refractivity contribution in [1.29, 1.82) is 0 Å². The van der Waals surface area contributed by atoms with E-state index in [2.05, 4.69) is 0 Å². The first-order valence-corrected chi connectivity index (χ1v) is 7.19. The Hall–Kier alpha value is -2.13. The highest BCUT2D eigenvalue weighted by Crippen LogP contribution is 2.17. The molecule has 0 bridgehead atoms. The van der Waals surface area contributed by atoms with Crippen LogP contribution in [0.3, 0.4) is 0 Å². The third kappa shape index (κ3) is 4.72. The molecule has 2 aromatic carbocycles. The van der Waals surface area contributed by atoms with Crippen LogP contribution in [-0.2, 0) is 11.3 Å². The van der Waals surface area contributed by atoms with Gasteiger partial charge in [0.2, 0.25) is 5.91 Å². The van der Waals surface area contributed by atoms with Crippen LogP contribution >= 0.6 is 0 Å². The van der Waals surface area contributed by atoms with Gasteiger partial charge >= 0.3 is 0 Å². The van der Waals surface area contributed by atoms with Crippen molar-refractivity contribution in [1.82, 2.24) is 4.90 Å². The summed E-state index contributed by atoms with van der Waals surface area (Å²) < 4.78 is 0. The van der Waals surface area contributed by atoms with E-state index >= 15 is 0 Å². The van der Waals surface area contributed by atoms with E-state index in [0.717, 1.165) is 11.1 Å². The lowest BCUT2D eigenvalue weighted by atomic mass is 10.1. The van der Waals surface area contributed by atoms with Gasteiger partial charge in [-0.3, -0.25) is 4.79 Å². The zero-order chi connectivity index (χ0) is 15.1. The van der Waals surface area contributed by atoms with Gasteiger partial charge in [-0.1, -0.05) is 60.7 Å². The van der Waals surface area contributed by atoms with Crippen molar-refractivity contribution in [3.05, 3.63) is 71.8 Å². The van der Waals surface area contributed by atoms with Gasteiger partial charge in [-0.15, -0.1) is 0 Å². The minimum absolute atomic E-state index is 0.0270. The minimum atomic E-state index is -0.538. The number of amides is 1. The molecule has 0 radical (unpaired) electrons. The standard InChI is InChI=1S/C18H21NO2/c1-15(20)19(14-16-8-4-2-5-9-16)13-12-18(21)17-10-6-3-7-11-17/h2-11,18,21H,12-14H2,1H3. The Bertz CT molecular complexity index is 554. The number of carbonyl (C=O) groups excluding carboxylic acids is 1. The number of nitrogens with zero attached hydrogens (tertiary/aromatic N) is 1. The van der Waals surface area contributed by atoms with Crippen LogP contribution in [0.2, 0.25) is 0 Å². The molecule has 1 N–H and O–H groups in total. The molecule has 0 heterocycles. The molecule has 2 rings (SSSR count). The molecule has 0 saturated carbocycles. The van der Waals surface area contributed by atoms with E-state index in [0.29, 0.717) is 19.5 Å². The van der Waals surface area contributed by atoms with Crippen molar-refractivity contribution in [2.75, 3.05) is 6.54 Å². The van der Waals surface area contributed by atoms with Crippen LogP contribution in [0.15, 0.2) is 60.7 Å². The fourth-order valence-corrected chi connectivity index (χ4v) is 2.27. The summed E-state index contributed by atoms with van der Waals surface area (Å²) in [6.45, 7) is 2.69. The van der Waals surface area contributed by atoms with Crippen molar-refractivity contribution in [3.63, 3.8) is 0 Å². The first kappa shape index (κ1) is 15.3. The zero-order valence-electron chi connectivity index (χ0n) is 12.3. The Morgan fingerprint density at radius 1 is 1.05 bits per heavy atom. The summed E-state index contributed by atoms with van der Waals surface area (Å²) in [5, 5.41) is 10.2. The first-order chi connectivity index (χ1) is 10.2. The molecule has 0 aliphatic rings. The molecule has 0 aliphatic carbocycles. The molecule has 0 spiro atoms. The molecule has 1 unspecified atom stereocenters. The van der Waals surface area contributed by atoms with Crippen LogP contribution in [0.5, 0.6) is 0 Å². The zero-order valence-corrected chi connectivity index (χ0v) is 12.3. The molecule has 3 heteroatoms. The molecular weight excluding hydrogens is 262 g/mol. The average molecular weight is 283 g/mol. The van der Waals surface area contributed by atoms with Gasteiger partial charge in [-0.2, -0.15) is 0 Å². The van der Waals surface area contributed by atoms with Crippen molar-refractivity contribution in [2.24, 2.45) is 0 Å². The maximum Gasteiger partial charge on any atom is 0.219 e. The summed E-state index contributed by atoms with van der Waals surface area (Å²) in [6.07, 6.45) is -0.00000459. The third-order valence-electron chi connectivity index (χ3n) is 3.52. The van der Waals surface area contributed by atoms with E-state index < -0.39 is 6.10 Å². The smallest absolute Gasteiger partial charge is 0.219 e. The van der Waals surface area contributed by atoms with Gasteiger partial charge in [-0.05, 0) is 17.5 Å². The second-order valence-electron chi connectivity index (χ2n) is 5.14. The van der Waals surface area contributed by atoms with E-state index in [-0.39, 0.29) is 5.91 Å². The largest absolute Gasteiger partial charge is 0.388 e. The number of hydrogen-bond donors (Lipinski definition) is 1. The van der Waals surface area contributed by atoms with Crippen molar-refractivity contribution in [2.45, 2.75) is 26.0 Å². The normalized spacial score (nSPS) is 11.9. The van der Waals surface area contributed by atoms with E-state index in [1.54, 1.807) is 11.8 Å². The molecule has 21 heavy (non-hydrogen) atoms. The van der Waals surface area contributed by atoms with Crippen LogP contribution < -0.4 is 0 Å². The van der Waals surface area contributed by atoms with Gasteiger partial charge in [0.15, 0.2) is 0 Å². The number of hydrogen-bond acceptors (Lipinski definition) is 2. The monoisotopic (exact) mass is 283 g/mol. The summed E-state index contributed by atoms with van der Waals surface area (Å²) in [5.41, 5.74) is 1.99. The number of aliphatic hydroxyl groups excluding tert-OH is 1. The van der Waals surface area contributed by atoms with E-state index in [1.807, 2.05) is 60.7 Å². The number of aliphatic hydroxyl groups is 1.